The number of nitrogens with one attached hydrogen (secondary N) is 1. The standard InChI is InChI=1S/C14H11ClN8O5S3/c15-8-13(30-22-19-8)29-4-2-1-3-5(11(25)23(3)7(4)12(26)27)17-10(24)6(20-28)9-18-14(16)31-21-9/h3,5-6H,1-2H2,(H,17,24)(H,26,27)(H2,16,18,21). The van der Waals surface area contributed by atoms with Crippen LogP contribution in [0, 0.1) is 4.91 Å². The summed E-state index contributed by atoms with van der Waals surface area (Å²) in [4.78, 5) is 53.6. The van der Waals surface area contributed by atoms with Crippen molar-refractivity contribution in [3.63, 3.8) is 0 Å². The molecule has 0 spiro atoms. The van der Waals surface area contributed by atoms with Crippen LogP contribution in [-0.2, 0) is 14.4 Å². The summed E-state index contributed by atoms with van der Waals surface area (Å²) >= 11 is 8.85. The van der Waals surface area contributed by atoms with E-state index in [1.807, 2.05) is 0 Å². The lowest BCUT2D eigenvalue weighted by atomic mass is 9.86. The number of carbonyl (C=O) groups is 3. The minimum absolute atomic E-state index is 0.0622. The van der Waals surface area contributed by atoms with Crippen LogP contribution in [0.5, 0.6) is 0 Å². The Morgan fingerprint density at radius 2 is 2.19 bits per heavy atom. The first kappa shape index (κ1) is 21.5. The van der Waals surface area contributed by atoms with Crippen molar-refractivity contribution in [3.05, 3.63) is 26.5 Å². The number of β-lactam (4-membered cyclic amide) rings is 1. The molecule has 3 unspecified atom stereocenters. The van der Waals surface area contributed by atoms with Gasteiger partial charge in [0, 0.05) is 16.4 Å². The molecule has 2 aromatic heterocycles. The Hall–Kier alpha value is -2.69. The van der Waals surface area contributed by atoms with E-state index in [0.29, 0.717) is 22.0 Å². The average molecular weight is 503 g/mol. The van der Waals surface area contributed by atoms with Gasteiger partial charge in [0.2, 0.25) is 6.04 Å². The van der Waals surface area contributed by atoms with Crippen molar-refractivity contribution in [1.29, 1.82) is 0 Å². The minimum Gasteiger partial charge on any atom is -0.477 e. The lowest BCUT2D eigenvalue weighted by molar-refractivity contribution is -0.156. The number of nitrogens with two attached hydrogens (primary N) is 1. The summed E-state index contributed by atoms with van der Waals surface area (Å²) in [5.74, 6) is -2.93. The van der Waals surface area contributed by atoms with Gasteiger partial charge in [-0.3, -0.25) is 14.5 Å². The summed E-state index contributed by atoms with van der Waals surface area (Å²) in [5.41, 5.74) is 5.28. The lowest BCUT2D eigenvalue weighted by Gasteiger charge is -2.50. The van der Waals surface area contributed by atoms with Gasteiger partial charge in [-0.2, -0.15) is 4.37 Å². The fourth-order valence-electron chi connectivity index (χ4n) is 3.28. The molecule has 2 amide bonds. The molecule has 0 bridgehead atoms. The van der Waals surface area contributed by atoms with Crippen LogP contribution in [0.3, 0.4) is 0 Å². The molecule has 31 heavy (non-hydrogen) atoms. The van der Waals surface area contributed by atoms with Crippen LogP contribution in [-0.4, -0.2) is 58.8 Å². The van der Waals surface area contributed by atoms with Gasteiger partial charge in [-0.1, -0.05) is 27.9 Å². The van der Waals surface area contributed by atoms with Gasteiger partial charge in [0.05, 0.1) is 6.04 Å². The molecule has 4 rings (SSSR count). The monoisotopic (exact) mass is 502 g/mol. The molecule has 0 aliphatic carbocycles. The van der Waals surface area contributed by atoms with Crippen LogP contribution in [0.15, 0.2) is 20.0 Å². The normalized spacial score (nSPS) is 21.3. The smallest absolute Gasteiger partial charge is 0.353 e. The maximum absolute atomic E-state index is 12.7. The quantitative estimate of drug-likeness (QED) is 0.361. The maximum atomic E-state index is 12.7. The van der Waals surface area contributed by atoms with Crippen LogP contribution >= 0.6 is 46.4 Å². The number of allylic oxidation sites excluding steroid dienone is 1. The number of carboxylic acids is 1. The van der Waals surface area contributed by atoms with Crippen molar-refractivity contribution in [2.24, 2.45) is 5.18 Å². The lowest BCUT2D eigenvalue weighted by Crippen LogP contribution is -2.71. The van der Waals surface area contributed by atoms with Crippen LogP contribution in [0.2, 0.25) is 5.15 Å². The summed E-state index contributed by atoms with van der Waals surface area (Å²) in [5, 5.41) is 18.8. The van der Waals surface area contributed by atoms with Crippen molar-refractivity contribution >= 4 is 69.3 Å². The van der Waals surface area contributed by atoms with E-state index in [1.165, 1.54) is 0 Å². The fourth-order valence-corrected chi connectivity index (χ4v) is 5.75. The number of thioether (sulfide) groups is 1. The number of carboxylic acid groups (broad SMARTS) is 1. The molecule has 17 heteroatoms. The van der Waals surface area contributed by atoms with E-state index in [4.69, 9.17) is 17.3 Å². The molecule has 13 nitrogen and oxygen atoms in total. The predicted molar refractivity (Wildman–Crippen MR) is 110 cm³/mol. The van der Waals surface area contributed by atoms with E-state index in [-0.39, 0.29) is 21.8 Å². The van der Waals surface area contributed by atoms with Crippen LogP contribution < -0.4 is 11.1 Å². The zero-order chi connectivity index (χ0) is 22.3. The highest BCUT2D eigenvalue weighted by Crippen LogP contribution is 2.45. The van der Waals surface area contributed by atoms with Gasteiger partial charge in [-0.15, -0.1) is 10.0 Å². The number of nitroso groups, excluding NO2 is 1. The molecule has 2 aromatic rings. The van der Waals surface area contributed by atoms with Gasteiger partial charge >= 0.3 is 5.97 Å². The Morgan fingerprint density at radius 1 is 1.42 bits per heavy atom. The van der Waals surface area contributed by atoms with Gasteiger partial charge in [0.15, 0.2) is 16.1 Å². The number of halogens is 1. The van der Waals surface area contributed by atoms with Crippen molar-refractivity contribution in [3.8, 4) is 0 Å². The second kappa shape index (κ2) is 8.45. The summed E-state index contributed by atoms with van der Waals surface area (Å²) in [6.07, 6.45) is 0.724. The van der Waals surface area contributed by atoms with Crippen molar-refractivity contribution in [2.45, 2.75) is 35.2 Å². The van der Waals surface area contributed by atoms with Gasteiger partial charge in [-0.25, -0.2) is 9.78 Å². The molecular weight excluding hydrogens is 492 g/mol. The van der Waals surface area contributed by atoms with E-state index < -0.39 is 35.9 Å². The van der Waals surface area contributed by atoms with Crippen LogP contribution in [0.25, 0.3) is 0 Å². The topological polar surface area (TPSA) is 194 Å². The Kier molecular flexibility index (Phi) is 5.87. The minimum atomic E-state index is -1.57. The van der Waals surface area contributed by atoms with E-state index in [0.717, 1.165) is 39.7 Å². The molecule has 0 radical (unpaired) electrons. The summed E-state index contributed by atoms with van der Waals surface area (Å²) in [6.45, 7) is 0. The molecule has 0 saturated carbocycles. The van der Waals surface area contributed by atoms with E-state index in [1.54, 1.807) is 0 Å². The number of fused-ring (bicyclic) bond motifs is 1. The average Bonchev–Trinajstić information content (AvgIpc) is 3.34. The van der Waals surface area contributed by atoms with Gasteiger partial charge in [-0.05, 0) is 29.6 Å². The second-order valence-electron chi connectivity index (χ2n) is 6.33. The molecule has 2 aliphatic heterocycles. The van der Waals surface area contributed by atoms with Crippen LogP contribution in [0.1, 0.15) is 24.7 Å². The number of hydrogen-bond acceptors (Lipinski definition) is 13. The first-order chi connectivity index (χ1) is 14.8. The van der Waals surface area contributed by atoms with Crippen molar-refractivity contribution in [1.82, 2.24) is 29.2 Å². The number of aliphatic carboxylic acids is 1. The number of rotatable bonds is 7. The van der Waals surface area contributed by atoms with Gasteiger partial charge in [0.25, 0.3) is 11.8 Å². The number of carbonyl (C=O) groups excluding carboxylic acids is 2. The largest absolute Gasteiger partial charge is 0.477 e. The van der Waals surface area contributed by atoms with Crippen molar-refractivity contribution in [2.75, 3.05) is 5.73 Å². The highest BCUT2D eigenvalue weighted by Gasteiger charge is 2.54. The SMILES string of the molecule is Nc1nc(C(N=O)C(=O)NC2C(=O)N3C(C(=O)O)=C(Sc4snnc4Cl)CCC23)ns1. The summed E-state index contributed by atoms with van der Waals surface area (Å²) in [6, 6.07) is -3.15. The number of hydrogen-bond donors (Lipinski definition) is 3. The zero-order valence-electron chi connectivity index (χ0n) is 15.1. The Bertz CT molecular complexity index is 1120. The molecule has 162 valence electrons. The first-order valence-corrected chi connectivity index (χ1v) is 11.2. The molecule has 4 heterocycles. The molecule has 0 aromatic carbocycles. The third-order valence-corrected chi connectivity index (χ3v) is 7.65. The Labute approximate surface area is 190 Å². The molecule has 1 fully saturated rings. The molecule has 3 atom stereocenters. The highest BCUT2D eigenvalue weighted by molar-refractivity contribution is 8.04. The maximum Gasteiger partial charge on any atom is 0.353 e. The summed E-state index contributed by atoms with van der Waals surface area (Å²) < 4.78 is 8.02. The first-order valence-electron chi connectivity index (χ1n) is 8.49. The molecule has 4 N–H and O–H groups in total. The predicted octanol–water partition coefficient (Wildman–Crippen LogP) is 1.01. The van der Waals surface area contributed by atoms with Gasteiger partial charge < -0.3 is 16.2 Å². The van der Waals surface area contributed by atoms with E-state index in [2.05, 4.69) is 29.4 Å². The number of nitrogen functional groups attached to an aromatic ring is 1. The highest BCUT2D eigenvalue weighted by atomic mass is 35.5. The number of anilines is 1. The summed E-state index contributed by atoms with van der Waals surface area (Å²) in [7, 11) is 0. The number of aromatic nitrogens is 4. The Morgan fingerprint density at radius 3 is 2.77 bits per heavy atom. The zero-order valence-corrected chi connectivity index (χ0v) is 18.3. The molecule has 1 saturated heterocycles. The number of nitrogens with zero attached hydrogens (tertiary/aromatic N) is 6. The molecule has 2 aliphatic rings. The molecular formula is C14H11ClN8O5S3. The Balaban J connectivity index is 1.52. The van der Waals surface area contributed by atoms with Crippen molar-refractivity contribution < 1.29 is 19.5 Å². The fraction of sp³-hybridized carbons (Fsp3) is 0.357. The third-order valence-electron chi connectivity index (χ3n) is 4.58. The number of amides is 2. The third kappa shape index (κ3) is 3.86. The van der Waals surface area contributed by atoms with E-state index in [9.17, 15) is 24.4 Å². The van der Waals surface area contributed by atoms with Crippen LogP contribution in [0.4, 0.5) is 5.13 Å². The second-order valence-corrected chi connectivity index (χ2v) is 9.59. The van der Waals surface area contributed by atoms with E-state index >= 15 is 0 Å². The van der Waals surface area contributed by atoms with Gasteiger partial charge in [0.1, 0.15) is 15.9 Å².